The predicted molar refractivity (Wildman–Crippen MR) is 145 cm³/mol. The van der Waals surface area contributed by atoms with Crippen LogP contribution in [0.4, 0.5) is 0 Å². The Morgan fingerprint density at radius 3 is 2.37 bits per heavy atom. The molecular formula is C26H27Cl2N3O6S. The Morgan fingerprint density at radius 2 is 1.79 bits per heavy atom. The minimum atomic E-state index is -3.71. The SMILES string of the molecule is CCCS(=O)(=O)Oc1ccc(-c2c(C)c(C(=O)NC3(C(=O)O)CCCC3)nn2-c2ccc(Cl)cc2Cl)cc1. The van der Waals surface area contributed by atoms with Gasteiger partial charge in [0.25, 0.3) is 5.91 Å². The second-order valence-electron chi connectivity index (χ2n) is 9.25. The molecule has 1 aromatic heterocycles. The topological polar surface area (TPSA) is 128 Å². The van der Waals surface area contributed by atoms with Crippen molar-refractivity contribution in [1.29, 1.82) is 0 Å². The fraction of sp³-hybridized carbons (Fsp3) is 0.346. The van der Waals surface area contributed by atoms with Gasteiger partial charge in [0.15, 0.2) is 5.69 Å². The van der Waals surface area contributed by atoms with Gasteiger partial charge in [-0.15, -0.1) is 0 Å². The summed E-state index contributed by atoms with van der Waals surface area (Å²) in [5, 5.41) is 17.8. The molecule has 0 aliphatic heterocycles. The molecule has 1 saturated carbocycles. The molecule has 202 valence electrons. The van der Waals surface area contributed by atoms with Gasteiger partial charge in [0.2, 0.25) is 0 Å². The minimum Gasteiger partial charge on any atom is -0.480 e. The highest BCUT2D eigenvalue weighted by atomic mass is 35.5. The number of carboxylic acid groups (broad SMARTS) is 1. The van der Waals surface area contributed by atoms with Crippen molar-refractivity contribution >= 4 is 45.2 Å². The van der Waals surface area contributed by atoms with Crippen LogP contribution in [0.2, 0.25) is 10.0 Å². The fourth-order valence-corrected chi connectivity index (χ4v) is 6.11. The molecule has 0 bridgehead atoms. The number of hydrogen-bond donors (Lipinski definition) is 2. The normalized spacial score (nSPS) is 14.8. The van der Waals surface area contributed by atoms with Crippen LogP contribution >= 0.6 is 23.2 Å². The molecule has 9 nitrogen and oxygen atoms in total. The summed E-state index contributed by atoms with van der Waals surface area (Å²) in [6.07, 6.45) is 2.51. The maximum atomic E-state index is 13.4. The van der Waals surface area contributed by atoms with E-state index >= 15 is 0 Å². The summed E-state index contributed by atoms with van der Waals surface area (Å²) in [6, 6.07) is 11.2. The molecule has 1 aliphatic carbocycles. The van der Waals surface area contributed by atoms with Crippen LogP contribution in [-0.2, 0) is 14.9 Å². The highest BCUT2D eigenvalue weighted by Crippen LogP contribution is 2.35. The van der Waals surface area contributed by atoms with Gasteiger partial charge in [-0.05, 0) is 68.7 Å². The maximum Gasteiger partial charge on any atom is 0.329 e. The molecule has 1 fully saturated rings. The lowest BCUT2D eigenvalue weighted by Gasteiger charge is -2.24. The molecule has 12 heteroatoms. The maximum absolute atomic E-state index is 13.4. The zero-order valence-corrected chi connectivity index (χ0v) is 23.2. The standard InChI is InChI=1S/C26H27Cl2N3O6S/c1-3-14-38(35,36)37-19-9-6-17(7-10-19)23-16(2)22(24(32)29-26(25(33)34)12-4-5-13-26)30-31(23)21-11-8-18(27)15-20(21)28/h6-11,15H,3-5,12-14H2,1-2H3,(H,29,32)(H,33,34). The van der Waals surface area contributed by atoms with Crippen LogP contribution in [0.15, 0.2) is 42.5 Å². The second-order valence-corrected chi connectivity index (χ2v) is 11.8. The van der Waals surface area contributed by atoms with E-state index in [1.165, 1.54) is 16.8 Å². The van der Waals surface area contributed by atoms with E-state index in [2.05, 4.69) is 10.4 Å². The van der Waals surface area contributed by atoms with Crippen molar-refractivity contribution in [3.05, 3.63) is 63.8 Å². The smallest absolute Gasteiger partial charge is 0.329 e. The first kappa shape index (κ1) is 27.9. The summed E-state index contributed by atoms with van der Waals surface area (Å²) in [7, 11) is -3.71. The van der Waals surface area contributed by atoms with E-state index in [0.717, 1.165) is 0 Å². The molecular weight excluding hydrogens is 553 g/mol. The Bertz CT molecular complexity index is 1480. The number of nitrogens with one attached hydrogen (secondary N) is 1. The third-order valence-electron chi connectivity index (χ3n) is 6.50. The van der Waals surface area contributed by atoms with Gasteiger partial charge < -0.3 is 14.6 Å². The van der Waals surface area contributed by atoms with Gasteiger partial charge in [0.1, 0.15) is 11.3 Å². The Labute approximate surface area is 230 Å². The summed E-state index contributed by atoms with van der Waals surface area (Å²) in [6.45, 7) is 3.45. The number of carbonyl (C=O) groups excluding carboxylic acids is 1. The first-order valence-electron chi connectivity index (χ1n) is 12.1. The number of aromatic nitrogens is 2. The summed E-state index contributed by atoms with van der Waals surface area (Å²) in [5.74, 6) is -1.64. The Hall–Kier alpha value is -3.08. The number of hydrogen-bond acceptors (Lipinski definition) is 6. The third-order valence-corrected chi connectivity index (χ3v) is 8.39. The summed E-state index contributed by atoms with van der Waals surface area (Å²) in [4.78, 5) is 25.4. The second kappa shape index (κ2) is 11.0. The van der Waals surface area contributed by atoms with Crippen molar-refractivity contribution in [2.75, 3.05) is 5.75 Å². The molecule has 0 saturated heterocycles. The van der Waals surface area contributed by atoms with E-state index in [1.54, 1.807) is 44.2 Å². The van der Waals surface area contributed by atoms with Crippen LogP contribution in [0.5, 0.6) is 5.75 Å². The number of benzene rings is 2. The number of rotatable bonds is 9. The molecule has 4 rings (SSSR count). The summed E-state index contributed by atoms with van der Waals surface area (Å²) >= 11 is 12.6. The zero-order valence-electron chi connectivity index (χ0n) is 20.8. The van der Waals surface area contributed by atoms with Crippen LogP contribution in [0.3, 0.4) is 0 Å². The summed E-state index contributed by atoms with van der Waals surface area (Å²) in [5.41, 5.74) is 0.762. The lowest BCUT2D eigenvalue weighted by molar-refractivity contribution is -0.144. The number of nitrogens with zero attached hydrogens (tertiary/aromatic N) is 2. The number of halogens is 2. The molecule has 38 heavy (non-hydrogen) atoms. The highest BCUT2D eigenvalue weighted by molar-refractivity contribution is 7.87. The van der Waals surface area contributed by atoms with E-state index in [-0.39, 0.29) is 22.2 Å². The minimum absolute atomic E-state index is 0.0457. The number of carboxylic acids is 1. The molecule has 1 amide bonds. The molecule has 1 aliphatic rings. The van der Waals surface area contributed by atoms with E-state index in [4.69, 9.17) is 27.4 Å². The van der Waals surface area contributed by atoms with Crippen molar-refractivity contribution in [3.8, 4) is 22.7 Å². The average molecular weight is 580 g/mol. The quantitative estimate of drug-likeness (QED) is 0.325. The van der Waals surface area contributed by atoms with E-state index in [0.29, 0.717) is 59.6 Å². The lowest BCUT2D eigenvalue weighted by atomic mass is 9.97. The Kier molecular flexibility index (Phi) is 8.06. The van der Waals surface area contributed by atoms with E-state index < -0.39 is 27.5 Å². The van der Waals surface area contributed by atoms with Crippen LogP contribution in [0, 0.1) is 6.92 Å². The number of carbonyl (C=O) groups is 2. The highest BCUT2D eigenvalue weighted by Gasteiger charge is 2.43. The number of aliphatic carboxylic acids is 1. The zero-order chi connectivity index (χ0) is 27.7. The molecule has 2 aromatic carbocycles. The molecule has 0 atom stereocenters. The van der Waals surface area contributed by atoms with E-state index in [9.17, 15) is 23.1 Å². The van der Waals surface area contributed by atoms with Crippen molar-refractivity contribution in [2.24, 2.45) is 0 Å². The third kappa shape index (κ3) is 5.67. The van der Waals surface area contributed by atoms with Gasteiger partial charge >= 0.3 is 16.1 Å². The molecule has 3 aromatic rings. The Balaban J connectivity index is 1.79. The molecule has 1 heterocycles. The van der Waals surface area contributed by atoms with Crippen molar-refractivity contribution < 1.29 is 27.3 Å². The predicted octanol–water partition coefficient (Wildman–Crippen LogP) is 5.40. The van der Waals surface area contributed by atoms with Crippen molar-refractivity contribution in [3.63, 3.8) is 0 Å². The Morgan fingerprint density at radius 1 is 1.13 bits per heavy atom. The first-order valence-corrected chi connectivity index (χ1v) is 14.4. The van der Waals surface area contributed by atoms with Gasteiger partial charge in [0, 0.05) is 16.1 Å². The van der Waals surface area contributed by atoms with Crippen molar-refractivity contribution in [2.45, 2.75) is 51.5 Å². The fourth-order valence-electron chi connectivity index (χ4n) is 4.63. The van der Waals surface area contributed by atoms with Gasteiger partial charge in [-0.3, -0.25) is 4.79 Å². The van der Waals surface area contributed by atoms with Crippen LogP contribution in [-0.4, -0.2) is 46.5 Å². The van der Waals surface area contributed by atoms with Crippen LogP contribution in [0.25, 0.3) is 16.9 Å². The largest absolute Gasteiger partial charge is 0.480 e. The monoisotopic (exact) mass is 579 g/mol. The van der Waals surface area contributed by atoms with Gasteiger partial charge in [-0.1, -0.05) is 43.0 Å². The van der Waals surface area contributed by atoms with Crippen LogP contribution < -0.4 is 9.50 Å². The lowest BCUT2D eigenvalue weighted by Crippen LogP contribution is -2.52. The van der Waals surface area contributed by atoms with Gasteiger partial charge in [-0.25, -0.2) is 9.48 Å². The average Bonchev–Trinajstić information content (AvgIpc) is 3.45. The molecule has 0 unspecified atom stereocenters. The van der Waals surface area contributed by atoms with Gasteiger partial charge in [-0.2, -0.15) is 13.5 Å². The van der Waals surface area contributed by atoms with Crippen molar-refractivity contribution in [1.82, 2.24) is 15.1 Å². The number of amides is 1. The van der Waals surface area contributed by atoms with Gasteiger partial charge in [0.05, 0.1) is 22.2 Å². The molecule has 0 spiro atoms. The first-order chi connectivity index (χ1) is 18.0. The van der Waals surface area contributed by atoms with Crippen LogP contribution in [0.1, 0.15) is 55.1 Å². The van der Waals surface area contributed by atoms with E-state index in [1.807, 2.05) is 0 Å². The molecule has 0 radical (unpaired) electrons. The summed E-state index contributed by atoms with van der Waals surface area (Å²) < 4.78 is 30.8. The molecule has 2 N–H and O–H groups in total.